The molecule has 2 unspecified atom stereocenters. The molecule has 3 aromatic rings. The highest BCUT2D eigenvalue weighted by atomic mass is 32.2. The normalized spacial score (nSPS) is 17.3. The fraction of sp³-hybridized carbons (Fsp3) is 0.350. The maximum atomic E-state index is 13.2. The maximum Gasteiger partial charge on any atom is 0.240 e. The number of rotatable bonds is 3. The standard InChI is InChI=1S/C20H22N4OS2/c1-10-9-14-7-5-6-8-15(14)24(10)19(25)13(4)27-20-22-17(21)16-11(2)12(3)26-18(16)23-20/h5-8,10,13H,9H2,1-4H3,(H2,21,22,23). The number of benzene rings is 1. The van der Waals surface area contributed by atoms with E-state index >= 15 is 0 Å². The first kappa shape index (κ1) is 18.3. The first-order valence-corrected chi connectivity index (χ1v) is 10.7. The van der Waals surface area contributed by atoms with Crippen molar-refractivity contribution in [2.75, 3.05) is 10.6 Å². The molecule has 2 N–H and O–H groups in total. The van der Waals surface area contributed by atoms with Crippen molar-refractivity contribution in [2.24, 2.45) is 0 Å². The summed E-state index contributed by atoms with van der Waals surface area (Å²) in [6.45, 7) is 8.10. The van der Waals surface area contributed by atoms with Gasteiger partial charge in [0.2, 0.25) is 5.91 Å². The summed E-state index contributed by atoms with van der Waals surface area (Å²) in [7, 11) is 0. The van der Waals surface area contributed by atoms with E-state index in [4.69, 9.17) is 5.73 Å². The predicted molar refractivity (Wildman–Crippen MR) is 114 cm³/mol. The van der Waals surface area contributed by atoms with Crippen molar-refractivity contribution < 1.29 is 4.79 Å². The third-order valence-electron chi connectivity index (χ3n) is 5.11. The molecule has 1 aromatic carbocycles. The van der Waals surface area contributed by atoms with E-state index in [0.717, 1.165) is 27.9 Å². The van der Waals surface area contributed by atoms with Gasteiger partial charge in [0.15, 0.2) is 5.16 Å². The number of carbonyl (C=O) groups is 1. The molecule has 1 aliphatic rings. The molecule has 0 radical (unpaired) electrons. The Bertz CT molecular complexity index is 1050. The zero-order valence-corrected chi connectivity index (χ0v) is 17.4. The lowest BCUT2D eigenvalue weighted by molar-refractivity contribution is -0.118. The Kier molecular flexibility index (Phi) is 4.60. The van der Waals surface area contributed by atoms with Crippen molar-refractivity contribution in [1.82, 2.24) is 9.97 Å². The molecule has 7 heteroatoms. The zero-order chi connectivity index (χ0) is 19.3. The number of aromatic nitrogens is 2. The molecule has 1 aliphatic heterocycles. The quantitative estimate of drug-likeness (QED) is 0.525. The van der Waals surface area contributed by atoms with Gasteiger partial charge in [-0.3, -0.25) is 4.79 Å². The first-order chi connectivity index (χ1) is 12.9. The summed E-state index contributed by atoms with van der Waals surface area (Å²) >= 11 is 2.99. The summed E-state index contributed by atoms with van der Waals surface area (Å²) in [6.07, 6.45) is 0.891. The van der Waals surface area contributed by atoms with Crippen LogP contribution in [0.5, 0.6) is 0 Å². The Morgan fingerprint density at radius 3 is 2.85 bits per heavy atom. The number of para-hydroxylation sites is 1. The molecule has 0 saturated carbocycles. The number of thiophene rings is 1. The van der Waals surface area contributed by atoms with Gasteiger partial charge in [0, 0.05) is 16.6 Å². The topological polar surface area (TPSA) is 72.1 Å². The number of nitrogens with zero attached hydrogens (tertiary/aromatic N) is 3. The monoisotopic (exact) mass is 398 g/mol. The average molecular weight is 399 g/mol. The number of nitrogen functional groups attached to an aromatic ring is 1. The minimum atomic E-state index is -0.294. The fourth-order valence-electron chi connectivity index (χ4n) is 3.62. The lowest BCUT2D eigenvalue weighted by atomic mass is 10.1. The molecule has 2 aromatic heterocycles. The number of hydrogen-bond acceptors (Lipinski definition) is 6. The predicted octanol–water partition coefficient (Wildman–Crippen LogP) is 4.35. The summed E-state index contributed by atoms with van der Waals surface area (Å²) in [6, 6.07) is 8.28. The Hall–Kier alpha value is -2.12. The van der Waals surface area contributed by atoms with Gasteiger partial charge in [-0.25, -0.2) is 9.97 Å². The second-order valence-corrected chi connectivity index (χ2v) is 9.52. The molecule has 3 heterocycles. The number of carbonyl (C=O) groups excluding carboxylic acids is 1. The number of nitrogens with two attached hydrogens (primary N) is 1. The zero-order valence-electron chi connectivity index (χ0n) is 15.8. The highest BCUT2D eigenvalue weighted by Gasteiger charge is 2.33. The number of hydrogen-bond donors (Lipinski definition) is 1. The van der Waals surface area contributed by atoms with Gasteiger partial charge in [-0.05, 0) is 51.3 Å². The second kappa shape index (κ2) is 6.80. The van der Waals surface area contributed by atoms with Gasteiger partial charge in [-0.15, -0.1) is 11.3 Å². The van der Waals surface area contributed by atoms with Gasteiger partial charge in [0.1, 0.15) is 10.6 Å². The lowest BCUT2D eigenvalue weighted by Crippen LogP contribution is -2.40. The molecule has 5 nitrogen and oxygen atoms in total. The highest BCUT2D eigenvalue weighted by Crippen LogP contribution is 2.36. The molecule has 0 fully saturated rings. The minimum absolute atomic E-state index is 0.0817. The Labute approximate surface area is 167 Å². The SMILES string of the molecule is Cc1sc2nc(SC(C)C(=O)N3c4ccccc4CC3C)nc(N)c2c1C. The van der Waals surface area contributed by atoms with Crippen LogP contribution in [0.2, 0.25) is 0 Å². The fourth-order valence-corrected chi connectivity index (χ4v) is 5.54. The molecule has 1 amide bonds. The van der Waals surface area contributed by atoms with Crippen molar-refractivity contribution in [3.8, 4) is 0 Å². The third kappa shape index (κ3) is 3.08. The van der Waals surface area contributed by atoms with Crippen LogP contribution in [0.3, 0.4) is 0 Å². The van der Waals surface area contributed by atoms with Crippen LogP contribution < -0.4 is 10.6 Å². The number of amides is 1. The van der Waals surface area contributed by atoms with E-state index in [-0.39, 0.29) is 17.2 Å². The van der Waals surface area contributed by atoms with E-state index in [9.17, 15) is 4.79 Å². The number of fused-ring (bicyclic) bond motifs is 2. The second-order valence-electron chi connectivity index (χ2n) is 7.00. The van der Waals surface area contributed by atoms with Crippen molar-refractivity contribution in [2.45, 2.75) is 50.6 Å². The largest absolute Gasteiger partial charge is 0.383 e. The van der Waals surface area contributed by atoms with Crippen molar-refractivity contribution in [3.63, 3.8) is 0 Å². The van der Waals surface area contributed by atoms with Crippen LogP contribution in [0.25, 0.3) is 10.2 Å². The molecule has 4 rings (SSSR count). The van der Waals surface area contributed by atoms with E-state index in [1.165, 1.54) is 22.2 Å². The molecule has 140 valence electrons. The Morgan fingerprint density at radius 1 is 1.33 bits per heavy atom. The molecular formula is C20H22N4OS2. The molecular weight excluding hydrogens is 376 g/mol. The van der Waals surface area contributed by atoms with E-state index in [0.29, 0.717) is 11.0 Å². The molecule has 0 saturated heterocycles. The average Bonchev–Trinajstić information content (AvgIpc) is 3.10. The molecule has 0 aliphatic carbocycles. The van der Waals surface area contributed by atoms with E-state index < -0.39 is 0 Å². The summed E-state index contributed by atoms with van der Waals surface area (Å²) in [4.78, 5) is 26.2. The first-order valence-electron chi connectivity index (χ1n) is 8.97. The summed E-state index contributed by atoms with van der Waals surface area (Å²) < 4.78 is 0. The van der Waals surface area contributed by atoms with Crippen LogP contribution in [-0.4, -0.2) is 27.2 Å². The van der Waals surface area contributed by atoms with E-state index in [1.807, 2.05) is 36.9 Å². The summed E-state index contributed by atoms with van der Waals surface area (Å²) in [5.41, 5.74) is 9.55. The Morgan fingerprint density at radius 2 is 2.07 bits per heavy atom. The Balaban J connectivity index is 1.60. The van der Waals surface area contributed by atoms with Gasteiger partial charge in [-0.1, -0.05) is 30.0 Å². The molecule has 27 heavy (non-hydrogen) atoms. The van der Waals surface area contributed by atoms with Gasteiger partial charge < -0.3 is 10.6 Å². The molecule has 0 spiro atoms. The summed E-state index contributed by atoms with van der Waals surface area (Å²) in [5, 5.41) is 1.20. The van der Waals surface area contributed by atoms with Crippen LogP contribution in [0.1, 0.15) is 29.9 Å². The van der Waals surface area contributed by atoms with Crippen molar-refractivity contribution in [3.05, 3.63) is 40.3 Å². The molecule has 0 bridgehead atoms. The van der Waals surface area contributed by atoms with Crippen molar-refractivity contribution >= 4 is 50.7 Å². The number of aryl methyl sites for hydroxylation is 2. The van der Waals surface area contributed by atoms with Crippen LogP contribution >= 0.6 is 23.1 Å². The van der Waals surface area contributed by atoms with E-state index in [1.54, 1.807) is 11.3 Å². The lowest BCUT2D eigenvalue weighted by Gasteiger charge is -2.25. The molecule has 2 atom stereocenters. The number of anilines is 2. The van der Waals surface area contributed by atoms with Crippen LogP contribution in [-0.2, 0) is 11.2 Å². The summed E-state index contributed by atoms with van der Waals surface area (Å²) in [5.74, 6) is 0.571. The van der Waals surface area contributed by atoms with Gasteiger partial charge in [-0.2, -0.15) is 0 Å². The van der Waals surface area contributed by atoms with Gasteiger partial charge in [0.05, 0.1) is 10.6 Å². The number of thioether (sulfide) groups is 1. The maximum absolute atomic E-state index is 13.2. The van der Waals surface area contributed by atoms with Crippen LogP contribution in [0.15, 0.2) is 29.4 Å². The smallest absolute Gasteiger partial charge is 0.240 e. The van der Waals surface area contributed by atoms with Crippen LogP contribution in [0, 0.1) is 13.8 Å². The highest BCUT2D eigenvalue weighted by molar-refractivity contribution is 8.00. The van der Waals surface area contributed by atoms with Gasteiger partial charge >= 0.3 is 0 Å². The third-order valence-corrected chi connectivity index (χ3v) is 7.16. The van der Waals surface area contributed by atoms with Crippen LogP contribution in [0.4, 0.5) is 11.5 Å². The minimum Gasteiger partial charge on any atom is -0.383 e. The van der Waals surface area contributed by atoms with E-state index in [2.05, 4.69) is 29.9 Å². The van der Waals surface area contributed by atoms with Gasteiger partial charge in [0.25, 0.3) is 0 Å². The van der Waals surface area contributed by atoms with Crippen molar-refractivity contribution in [1.29, 1.82) is 0 Å².